The number of fused-ring (bicyclic) bond motifs is 2. The van der Waals surface area contributed by atoms with E-state index >= 15 is 0 Å². The highest BCUT2D eigenvalue weighted by Gasteiger charge is 2.48. The Morgan fingerprint density at radius 2 is 1.63 bits per heavy atom. The molecule has 0 spiro atoms. The van der Waals surface area contributed by atoms with E-state index in [4.69, 9.17) is 0 Å². The SMILES string of the molecule is CC.CNC1CCC(N2C(=O)C3CCC(F)=CN=C3N(c3cccc(-c4ccc(CCN5CC(C)NC(C)C5)cc4)c3)C2=O)CC1.O=CC1C=CC=c2ccccc2=N1. The molecule has 4 aliphatic heterocycles. The lowest BCUT2D eigenvalue weighted by molar-refractivity contribution is -0.133. The number of para-hydroxylation sites is 1. The van der Waals surface area contributed by atoms with E-state index in [1.807, 2.05) is 81.6 Å². The molecular formula is C48H60FN7O3. The number of piperazine rings is 1. The molecule has 3 aromatic carbocycles. The van der Waals surface area contributed by atoms with Gasteiger partial charge in [0.1, 0.15) is 24.0 Å². The van der Waals surface area contributed by atoms with Crippen molar-refractivity contribution in [3.8, 4) is 11.1 Å². The fourth-order valence-electron chi connectivity index (χ4n) is 8.72. The summed E-state index contributed by atoms with van der Waals surface area (Å²) >= 11 is 0. The Morgan fingerprint density at radius 1 is 0.898 bits per heavy atom. The smallest absolute Gasteiger partial charge is 0.317 e. The molecule has 3 amide bonds. The van der Waals surface area contributed by atoms with Gasteiger partial charge >= 0.3 is 6.03 Å². The Bertz CT molecular complexity index is 2130. The minimum atomic E-state index is -0.663. The molecule has 2 N–H and O–H groups in total. The predicted molar refractivity (Wildman–Crippen MR) is 235 cm³/mol. The maximum atomic E-state index is 14.4. The number of imide groups is 1. The normalized spacial score (nSPS) is 25.5. The van der Waals surface area contributed by atoms with E-state index in [0.717, 1.165) is 79.7 Å². The predicted octanol–water partition coefficient (Wildman–Crippen LogP) is 6.75. The lowest BCUT2D eigenvalue weighted by Crippen LogP contribution is -2.63. The summed E-state index contributed by atoms with van der Waals surface area (Å²) in [6, 6.07) is 24.7. The first-order valence-electron chi connectivity index (χ1n) is 21.4. The molecule has 0 aromatic heterocycles. The van der Waals surface area contributed by atoms with Crippen molar-refractivity contribution < 1.29 is 18.8 Å². The number of rotatable bonds is 8. The number of amides is 3. The number of urea groups is 1. The molecule has 59 heavy (non-hydrogen) atoms. The highest BCUT2D eigenvalue weighted by molar-refractivity contribution is 6.29. The lowest BCUT2D eigenvalue weighted by atomic mass is 9.88. The summed E-state index contributed by atoms with van der Waals surface area (Å²) in [5.74, 6) is -0.971. The first kappa shape index (κ1) is 43.5. The van der Waals surface area contributed by atoms with Gasteiger partial charge in [-0.25, -0.2) is 19.1 Å². The molecule has 1 saturated carbocycles. The maximum Gasteiger partial charge on any atom is 0.337 e. The van der Waals surface area contributed by atoms with Crippen molar-refractivity contribution in [2.24, 2.45) is 15.9 Å². The number of carbonyl (C=O) groups excluding carboxylic acids is 3. The van der Waals surface area contributed by atoms with Gasteiger partial charge in [0.15, 0.2) is 0 Å². The zero-order chi connectivity index (χ0) is 41.9. The largest absolute Gasteiger partial charge is 0.337 e. The molecular weight excluding hydrogens is 742 g/mol. The topological polar surface area (TPSA) is 110 Å². The average Bonchev–Trinajstić information content (AvgIpc) is 3.60. The number of aldehydes is 1. The van der Waals surface area contributed by atoms with Crippen molar-refractivity contribution in [2.75, 3.05) is 31.6 Å². The van der Waals surface area contributed by atoms with Gasteiger partial charge in [0.25, 0.3) is 0 Å². The minimum absolute atomic E-state index is 0.130. The van der Waals surface area contributed by atoms with Crippen molar-refractivity contribution in [3.63, 3.8) is 0 Å². The van der Waals surface area contributed by atoms with Gasteiger partial charge in [-0.3, -0.25) is 19.6 Å². The van der Waals surface area contributed by atoms with Crippen LogP contribution in [-0.4, -0.2) is 90.8 Å². The standard InChI is InChI=1S/C35H45FN6O2.C11H9NO.C2H6/c1-23-21-40(22-24(2)39-23)18-17-25-7-9-26(10-8-25)27-5-4-6-31(19-27)41-33-32(16-11-28(36)20-38-33)34(43)42(35(41)44)30-14-12-29(37-3)13-15-30;13-8-10-6-3-5-9-4-1-2-7-11(9)12-10;1-2/h4-10,19-20,23-24,29-30,32,37,39H,11-18,21-22H2,1-3H3;1-8,10H;1-2H3. The van der Waals surface area contributed by atoms with E-state index in [2.05, 4.69) is 63.6 Å². The molecule has 0 bridgehead atoms. The van der Waals surface area contributed by atoms with Gasteiger partial charge in [-0.05, 0) is 99.5 Å². The summed E-state index contributed by atoms with van der Waals surface area (Å²) in [6.07, 6.45) is 12.3. The van der Waals surface area contributed by atoms with E-state index < -0.39 is 11.9 Å². The van der Waals surface area contributed by atoms with Crippen LogP contribution < -0.4 is 26.1 Å². The Balaban J connectivity index is 0.000000328. The number of halogens is 1. The Morgan fingerprint density at radius 3 is 2.34 bits per heavy atom. The molecule has 3 fully saturated rings. The van der Waals surface area contributed by atoms with E-state index in [9.17, 15) is 18.8 Å². The molecule has 3 aromatic rings. The van der Waals surface area contributed by atoms with Crippen LogP contribution in [0.1, 0.15) is 71.8 Å². The number of anilines is 1. The Labute approximate surface area is 348 Å². The summed E-state index contributed by atoms with van der Waals surface area (Å²) < 4.78 is 14.4. The van der Waals surface area contributed by atoms with E-state index in [-0.39, 0.29) is 30.2 Å². The van der Waals surface area contributed by atoms with Gasteiger partial charge < -0.3 is 15.4 Å². The van der Waals surface area contributed by atoms with Gasteiger partial charge in [-0.15, -0.1) is 0 Å². The zero-order valence-electron chi connectivity index (χ0n) is 35.2. The maximum absolute atomic E-state index is 14.4. The van der Waals surface area contributed by atoms with Gasteiger partial charge in [0, 0.05) is 50.2 Å². The van der Waals surface area contributed by atoms with Crippen molar-refractivity contribution in [2.45, 2.75) is 103 Å². The molecule has 8 rings (SSSR count). The van der Waals surface area contributed by atoms with Gasteiger partial charge in [-0.1, -0.05) is 86.7 Å². The third kappa shape index (κ3) is 10.8. The molecule has 10 nitrogen and oxygen atoms in total. The summed E-state index contributed by atoms with van der Waals surface area (Å²) in [6.45, 7) is 11.7. The lowest BCUT2D eigenvalue weighted by Gasteiger charge is -2.44. The quantitative estimate of drug-likeness (QED) is 0.244. The number of nitrogens with zero attached hydrogens (tertiary/aromatic N) is 5. The average molecular weight is 802 g/mol. The highest BCUT2D eigenvalue weighted by atomic mass is 19.1. The van der Waals surface area contributed by atoms with Crippen molar-refractivity contribution in [3.05, 3.63) is 113 Å². The van der Waals surface area contributed by atoms with Crippen molar-refractivity contribution in [1.29, 1.82) is 0 Å². The van der Waals surface area contributed by atoms with Crippen LogP contribution in [-0.2, 0) is 16.0 Å². The number of allylic oxidation sites excluding steroid dienone is 2. The fraction of sp³-hybridized carbons (Fsp3) is 0.438. The minimum Gasteiger partial charge on any atom is -0.317 e. The Kier molecular flexibility index (Phi) is 15.3. The van der Waals surface area contributed by atoms with Crippen LogP contribution in [0.2, 0.25) is 0 Å². The molecule has 312 valence electrons. The molecule has 1 aliphatic carbocycles. The van der Waals surface area contributed by atoms with Gasteiger partial charge in [0.2, 0.25) is 5.91 Å². The third-order valence-electron chi connectivity index (χ3n) is 11.6. The molecule has 2 saturated heterocycles. The van der Waals surface area contributed by atoms with Crippen LogP contribution in [0.3, 0.4) is 0 Å². The first-order chi connectivity index (χ1) is 28.7. The van der Waals surface area contributed by atoms with E-state index in [0.29, 0.717) is 36.1 Å². The summed E-state index contributed by atoms with van der Waals surface area (Å²) in [7, 11) is 1.95. The second kappa shape index (κ2) is 20.7. The number of nitrogens with one attached hydrogen (secondary N) is 2. The number of hydrogen-bond donors (Lipinski definition) is 2. The summed E-state index contributed by atoms with van der Waals surface area (Å²) in [4.78, 5) is 52.7. The molecule has 4 atom stereocenters. The number of carbonyl (C=O) groups is 3. The monoisotopic (exact) mass is 801 g/mol. The molecule has 4 unspecified atom stereocenters. The van der Waals surface area contributed by atoms with Crippen molar-refractivity contribution >= 4 is 35.8 Å². The van der Waals surface area contributed by atoms with Gasteiger partial charge in [0.05, 0.1) is 23.2 Å². The molecule has 5 aliphatic rings. The molecule has 0 radical (unpaired) electrons. The Hall–Kier alpha value is -5.10. The fourth-order valence-corrected chi connectivity index (χ4v) is 8.72. The second-order valence-electron chi connectivity index (χ2n) is 15.9. The number of amidine groups is 1. The number of benzene rings is 3. The van der Waals surface area contributed by atoms with Crippen LogP contribution in [0.4, 0.5) is 14.9 Å². The van der Waals surface area contributed by atoms with E-state index in [1.54, 1.807) is 11.0 Å². The van der Waals surface area contributed by atoms with Crippen LogP contribution >= 0.6 is 0 Å². The summed E-state index contributed by atoms with van der Waals surface area (Å²) in [5, 5.41) is 8.85. The third-order valence-corrected chi connectivity index (χ3v) is 11.6. The number of aliphatic imine (C=N–C) groups is 1. The molecule has 4 heterocycles. The van der Waals surface area contributed by atoms with E-state index in [1.165, 1.54) is 16.7 Å². The second-order valence-corrected chi connectivity index (χ2v) is 15.9. The van der Waals surface area contributed by atoms with Crippen LogP contribution in [0.15, 0.2) is 107 Å². The van der Waals surface area contributed by atoms with Gasteiger partial charge in [-0.2, -0.15) is 0 Å². The number of hydrogen-bond acceptors (Lipinski definition) is 8. The van der Waals surface area contributed by atoms with Crippen LogP contribution in [0.25, 0.3) is 17.2 Å². The van der Waals surface area contributed by atoms with Crippen LogP contribution in [0.5, 0.6) is 0 Å². The zero-order valence-corrected chi connectivity index (χ0v) is 35.2. The highest BCUT2D eigenvalue weighted by Crippen LogP contribution is 2.36. The van der Waals surface area contributed by atoms with Crippen molar-refractivity contribution in [1.82, 2.24) is 20.4 Å². The van der Waals surface area contributed by atoms with Crippen LogP contribution in [0, 0.1) is 5.92 Å². The first-order valence-corrected chi connectivity index (χ1v) is 21.4. The molecule has 11 heteroatoms. The summed E-state index contributed by atoms with van der Waals surface area (Å²) in [5.41, 5.74) is 3.95.